The van der Waals surface area contributed by atoms with Crippen molar-refractivity contribution in [1.29, 1.82) is 0 Å². The average molecular weight is 485 g/mol. The smallest absolute Gasteiger partial charge is 0.0622 e. The molecule has 0 heteroatoms. The number of benzene rings is 6. The zero-order chi connectivity index (χ0) is 25.5. The van der Waals surface area contributed by atoms with Gasteiger partial charge in [-0.1, -0.05) is 151 Å². The summed E-state index contributed by atoms with van der Waals surface area (Å²) in [4.78, 5) is 0. The normalized spacial score (nSPS) is 13.1. The molecule has 1 aliphatic rings. The Morgan fingerprint density at radius 1 is 0.395 bits per heavy atom. The molecule has 0 unspecified atom stereocenters. The van der Waals surface area contributed by atoms with E-state index in [9.17, 15) is 0 Å². The number of aryl methyl sites for hydroxylation is 1. The number of fused-ring (bicyclic) bond motifs is 3. The monoisotopic (exact) mass is 484 g/mol. The molecule has 6 aromatic carbocycles. The third-order valence-corrected chi connectivity index (χ3v) is 8.04. The summed E-state index contributed by atoms with van der Waals surface area (Å²) in [5, 5.41) is 0. The Balaban J connectivity index is 1.62. The zero-order valence-electron chi connectivity index (χ0n) is 21.4. The van der Waals surface area contributed by atoms with Crippen molar-refractivity contribution >= 4 is 0 Å². The molecule has 7 rings (SSSR count). The van der Waals surface area contributed by atoms with Crippen LogP contribution in [-0.4, -0.2) is 0 Å². The van der Waals surface area contributed by atoms with Crippen molar-refractivity contribution in [3.8, 4) is 33.4 Å². The summed E-state index contributed by atoms with van der Waals surface area (Å²) in [5.41, 5.74) is 13.8. The lowest BCUT2D eigenvalue weighted by atomic mass is 9.67. The van der Waals surface area contributed by atoms with Gasteiger partial charge in [0.15, 0.2) is 0 Å². The fourth-order valence-corrected chi connectivity index (χ4v) is 6.32. The third-order valence-electron chi connectivity index (χ3n) is 8.04. The molecule has 0 saturated carbocycles. The van der Waals surface area contributed by atoms with Crippen LogP contribution in [0.4, 0.5) is 0 Å². The molecule has 0 fully saturated rings. The molecule has 0 amide bonds. The van der Waals surface area contributed by atoms with E-state index in [-0.39, 0.29) is 0 Å². The SMILES string of the molecule is Cc1ccc(-c2ccc3c(c2)C(c2ccccc2)(c2ccccc2)c2cccc(-c4ccccc4)c2-3)cc1. The topological polar surface area (TPSA) is 0 Å². The fourth-order valence-electron chi connectivity index (χ4n) is 6.32. The minimum Gasteiger partial charge on any atom is -0.0622 e. The summed E-state index contributed by atoms with van der Waals surface area (Å²) in [5.74, 6) is 0. The standard InChI is InChI=1S/C38H28/c1-27-20-22-28(23-21-27)30-24-25-34-36(26-30)38(31-14-7-3-8-15-31,32-16-9-4-10-17-32)35-19-11-18-33(37(34)35)29-12-5-2-6-13-29/h2-26H,1H3. The van der Waals surface area contributed by atoms with E-state index in [1.165, 1.54) is 61.2 Å². The van der Waals surface area contributed by atoms with Crippen LogP contribution in [0.5, 0.6) is 0 Å². The van der Waals surface area contributed by atoms with Crippen LogP contribution in [0.2, 0.25) is 0 Å². The van der Waals surface area contributed by atoms with E-state index in [2.05, 4.69) is 159 Å². The number of rotatable bonds is 4. The van der Waals surface area contributed by atoms with Crippen molar-refractivity contribution in [2.75, 3.05) is 0 Å². The molecule has 0 spiro atoms. The molecule has 0 N–H and O–H groups in total. The van der Waals surface area contributed by atoms with Crippen molar-refractivity contribution in [3.05, 3.63) is 179 Å². The quantitative estimate of drug-likeness (QED) is 0.233. The Labute approximate surface area is 224 Å². The molecule has 38 heavy (non-hydrogen) atoms. The van der Waals surface area contributed by atoms with Gasteiger partial charge in [-0.05, 0) is 68.6 Å². The first kappa shape index (κ1) is 22.5. The van der Waals surface area contributed by atoms with Gasteiger partial charge >= 0.3 is 0 Å². The van der Waals surface area contributed by atoms with Crippen molar-refractivity contribution in [1.82, 2.24) is 0 Å². The second kappa shape index (κ2) is 9.01. The maximum atomic E-state index is 2.44. The summed E-state index contributed by atoms with van der Waals surface area (Å²) >= 11 is 0. The summed E-state index contributed by atoms with van der Waals surface area (Å²) in [7, 11) is 0. The molecule has 6 aromatic rings. The van der Waals surface area contributed by atoms with Gasteiger partial charge in [-0.15, -0.1) is 0 Å². The molecule has 1 aliphatic carbocycles. The number of hydrogen-bond donors (Lipinski definition) is 0. The molecule has 0 aliphatic heterocycles. The minimum atomic E-state index is -0.418. The van der Waals surface area contributed by atoms with Gasteiger partial charge in [0.1, 0.15) is 0 Å². The number of hydrogen-bond acceptors (Lipinski definition) is 0. The lowest BCUT2D eigenvalue weighted by Crippen LogP contribution is -2.28. The third kappa shape index (κ3) is 3.38. The summed E-state index contributed by atoms with van der Waals surface area (Å²) in [6, 6.07) is 55.7. The first-order valence-electron chi connectivity index (χ1n) is 13.3. The Morgan fingerprint density at radius 3 is 1.61 bits per heavy atom. The molecule has 0 radical (unpaired) electrons. The molecular formula is C38H28. The molecule has 0 aromatic heterocycles. The highest BCUT2D eigenvalue weighted by molar-refractivity contribution is 5.96. The van der Waals surface area contributed by atoms with Crippen molar-refractivity contribution in [3.63, 3.8) is 0 Å². The van der Waals surface area contributed by atoms with Crippen LogP contribution in [0.1, 0.15) is 27.8 Å². The summed E-state index contributed by atoms with van der Waals surface area (Å²) in [6.07, 6.45) is 0. The minimum absolute atomic E-state index is 0.418. The van der Waals surface area contributed by atoms with Crippen molar-refractivity contribution < 1.29 is 0 Å². The Hall–Kier alpha value is -4.68. The van der Waals surface area contributed by atoms with Crippen LogP contribution in [0.15, 0.2) is 152 Å². The first-order chi connectivity index (χ1) is 18.8. The maximum Gasteiger partial charge on any atom is 0.0714 e. The predicted molar refractivity (Wildman–Crippen MR) is 159 cm³/mol. The van der Waals surface area contributed by atoms with Crippen LogP contribution in [-0.2, 0) is 5.41 Å². The second-order valence-electron chi connectivity index (χ2n) is 10.2. The largest absolute Gasteiger partial charge is 0.0714 e. The molecule has 0 saturated heterocycles. The van der Waals surface area contributed by atoms with Crippen LogP contribution in [0.25, 0.3) is 33.4 Å². The van der Waals surface area contributed by atoms with Gasteiger partial charge < -0.3 is 0 Å². The van der Waals surface area contributed by atoms with Gasteiger partial charge in [0.05, 0.1) is 5.41 Å². The highest BCUT2D eigenvalue weighted by atomic mass is 14.5. The van der Waals surface area contributed by atoms with E-state index < -0.39 is 5.41 Å². The van der Waals surface area contributed by atoms with Gasteiger partial charge in [-0.25, -0.2) is 0 Å². The molecule has 0 atom stereocenters. The Bertz CT molecular complexity index is 1690. The molecule has 0 heterocycles. The van der Waals surface area contributed by atoms with Crippen LogP contribution >= 0.6 is 0 Å². The second-order valence-corrected chi connectivity index (χ2v) is 10.2. The van der Waals surface area contributed by atoms with Crippen molar-refractivity contribution in [2.24, 2.45) is 0 Å². The van der Waals surface area contributed by atoms with Gasteiger partial charge in [-0.3, -0.25) is 0 Å². The Morgan fingerprint density at radius 2 is 0.974 bits per heavy atom. The molecular weight excluding hydrogens is 456 g/mol. The van der Waals surface area contributed by atoms with Gasteiger partial charge in [0.25, 0.3) is 0 Å². The Kier molecular flexibility index (Phi) is 5.34. The van der Waals surface area contributed by atoms with E-state index in [0.717, 1.165) is 0 Å². The lowest BCUT2D eigenvalue weighted by molar-refractivity contribution is 0.769. The van der Waals surface area contributed by atoms with Gasteiger partial charge in [0, 0.05) is 0 Å². The molecule has 0 nitrogen and oxygen atoms in total. The highest BCUT2D eigenvalue weighted by Gasteiger charge is 2.47. The summed E-state index contributed by atoms with van der Waals surface area (Å²) < 4.78 is 0. The highest BCUT2D eigenvalue weighted by Crippen LogP contribution is 2.58. The first-order valence-corrected chi connectivity index (χ1v) is 13.3. The van der Waals surface area contributed by atoms with E-state index in [1.54, 1.807) is 0 Å². The zero-order valence-corrected chi connectivity index (χ0v) is 21.4. The van der Waals surface area contributed by atoms with Crippen LogP contribution in [0.3, 0.4) is 0 Å². The molecule has 180 valence electrons. The van der Waals surface area contributed by atoms with Crippen LogP contribution in [0, 0.1) is 6.92 Å². The maximum absolute atomic E-state index is 2.44. The van der Waals surface area contributed by atoms with Gasteiger partial charge in [0.2, 0.25) is 0 Å². The average Bonchev–Trinajstić information content (AvgIpc) is 3.29. The van der Waals surface area contributed by atoms with E-state index >= 15 is 0 Å². The van der Waals surface area contributed by atoms with E-state index in [4.69, 9.17) is 0 Å². The predicted octanol–water partition coefficient (Wildman–Crippen LogP) is 9.69. The van der Waals surface area contributed by atoms with Crippen LogP contribution < -0.4 is 0 Å². The van der Waals surface area contributed by atoms with E-state index in [0.29, 0.717) is 0 Å². The van der Waals surface area contributed by atoms with Gasteiger partial charge in [-0.2, -0.15) is 0 Å². The molecule has 0 bridgehead atoms. The lowest BCUT2D eigenvalue weighted by Gasteiger charge is -2.34. The summed E-state index contributed by atoms with van der Waals surface area (Å²) in [6.45, 7) is 2.14. The fraction of sp³-hybridized carbons (Fsp3) is 0.0526. The van der Waals surface area contributed by atoms with E-state index in [1.807, 2.05) is 0 Å². The van der Waals surface area contributed by atoms with Crippen molar-refractivity contribution in [2.45, 2.75) is 12.3 Å².